The van der Waals surface area contributed by atoms with Gasteiger partial charge in [-0.05, 0) is 24.2 Å². The van der Waals surface area contributed by atoms with Crippen molar-refractivity contribution in [2.45, 2.75) is 32.7 Å². The van der Waals surface area contributed by atoms with Crippen LogP contribution < -0.4 is 5.32 Å². The third kappa shape index (κ3) is 6.54. The summed E-state index contributed by atoms with van der Waals surface area (Å²) in [4.78, 5) is 0. The fourth-order valence-electron chi connectivity index (χ4n) is 1.49. The third-order valence-corrected chi connectivity index (χ3v) is 2.48. The van der Waals surface area contributed by atoms with Crippen molar-refractivity contribution in [3.63, 3.8) is 0 Å². The van der Waals surface area contributed by atoms with Gasteiger partial charge in [0.1, 0.15) is 5.82 Å². The number of rotatable bonds is 7. The van der Waals surface area contributed by atoms with Gasteiger partial charge in [-0.25, -0.2) is 4.39 Å². The van der Waals surface area contributed by atoms with E-state index in [2.05, 4.69) is 5.32 Å². The van der Waals surface area contributed by atoms with Crippen LogP contribution in [0.4, 0.5) is 17.6 Å². The zero-order valence-corrected chi connectivity index (χ0v) is 10.7. The first-order valence-electron chi connectivity index (χ1n) is 6.05. The molecule has 1 aromatic carbocycles. The Balaban J connectivity index is 2.47. The lowest BCUT2D eigenvalue weighted by atomic mass is 10.1. The summed E-state index contributed by atoms with van der Waals surface area (Å²) in [6, 6.07) is 4.54. The van der Waals surface area contributed by atoms with Crippen LogP contribution in [-0.2, 0) is 17.9 Å². The Hall–Kier alpha value is -1.14. The fraction of sp³-hybridized carbons (Fsp3) is 0.538. The molecule has 0 bridgehead atoms. The molecule has 0 spiro atoms. The lowest BCUT2D eigenvalue weighted by molar-refractivity contribution is -0.146. The van der Waals surface area contributed by atoms with Crippen molar-refractivity contribution in [2.75, 3.05) is 13.2 Å². The molecule has 0 radical (unpaired) electrons. The van der Waals surface area contributed by atoms with Crippen LogP contribution >= 0.6 is 0 Å². The minimum Gasteiger partial charge on any atom is -0.376 e. The largest absolute Gasteiger partial charge is 0.391 e. The maximum absolute atomic E-state index is 13.4. The van der Waals surface area contributed by atoms with Crippen LogP contribution in [0.1, 0.15) is 24.5 Å². The van der Waals surface area contributed by atoms with Gasteiger partial charge in [0.15, 0.2) is 0 Å². The van der Waals surface area contributed by atoms with Gasteiger partial charge in [0.25, 0.3) is 0 Å². The van der Waals surface area contributed by atoms with E-state index in [0.717, 1.165) is 12.1 Å². The van der Waals surface area contributed by atoms with Crippen molar-refractivity contribution < 1.29 is 22.3 Å². The zero-order valence-electron chi connectivity index (χ0n) is 10.7. The Kier molecular flexibility index (Phi) is 6.24. The molecule has 0 heterocycles. The maximum Gasteiger partial charge on any atom is 0.391 e. The molecule has 0 aromatic heterocycles. The average molecular weight is 279 g/mol. The summed E-state index contributed by atoms with van der Waals surface area (Å²) in [6.07, 6.45) is -5.27. The Morgan fingerprint density at radius 3 is 2.63 bits per heavy atom. The fourth-order valence-corrected chi connectivity index (χ4v) is 1.49. The molecular formula is C13H17F4NO. The summed E-state index contributed by atoms with van der Waals surface area (Å²) in [5.41, 5.74) is 1.15. The molecule has 19 heavy (non-hydrogen) atoms. The Morgan fingerprint density at radius 2 is 2.00 bits per heavy atom. The number of nitrogens with one attached hydrogen (secondary N) is 1. The molecule has 1 aromatic rings. The van der Waals surface area contributed by atoms with E-state index in [-0.39, 0.29) is 12.2 Å². The minimum atomic E-state index is -4.24. The molecule has 0 atom stereocenters. The molecule has 1 rings (SSSR count). The highest BCUT2D eigenvalue weighted by molar-refractivity contribution is 5.24. The maximum atomic E-state index is 13.4. The first-order valence-corrected chi connectivity index (χ1v) is 6.05. The Bertz CT molecular complexity index is 393. The van der Waals surface area contributed by atoms with E-state index < -0.39 is 25.0 Å². The predicted molar refractivity (Wildman–Crippen MR) is 64.1 cm³/mol. The highest BCUT2D eigenvalue weighted by Crippen LogP contribution is 2.19. The number of ether oxygens (including phenoxy) is 1. The number of benzene rings is 1. The summed E-state index contributed by atoms with van der Waals surface area (Å²) in [5, 5.41) is 3.09. The van der Waals surface area contributed by atoms with E-state index in [4.69, 9.17) is 4.74 Å². The molecule has 0 unspecified atom stereocenters. The van der Waals surface area contributed by atoms with Crippen molar-refractivity contribution in [2.24, 2.45) is 0 Å². The van der Waals surface area contributed by atoms with E-state index in [1.807, 2.05) is 6.92 Å². The van der Waals surface area contributed by atoms with Crippen molar-refractivity contribution in [3.8, 4) is 0 Å². The van der Waals surface area contributed by atoms with Gasteiger partial charge >= 0.3 is 6.18 Å². The number of hydrogen-bond acceptors (Lipinski definition) is 2. The van der Waals surface area contributed by atoms with Gasteiger partial charge in [-0.1, -0.05) is 13.0 Å². The molecule has 0 amide bonds. The molecule has 2 nitrogen and oxygen atoms in total. The van der Waals surface area contributed by atoms with E-state index in [0.29, 0.717) is 6.54 Å². The van der Waals surface area contributed by atoms with E-state index >= 15 is 0 Å². The van der Waals surface area contributed by atoms with Crippen molar-refractivity contribution in [1.82, 2.24) is 5.32 Å². The van der Waals surface area contributed by atoms with Gasteiger partial charge in [-0.2, -0.15) is 13.2 Å². The first-order chi connectivity index (χ1) is 8.92. The molecular weight excluding hydrogens is 262 g/mol. The van der Waals surface area contributed by atoms with Crippen LogP contribution in [-0.4, -0.2) is 19.3 Å². The Labute approximate surface area is 109 Å². The molecule has 0 saturated carbocycles. The highest BCUT2D eigenvalue weighted by atomic mass is 19.4. The molecule has 1 N–H and O–H groups in total. The second-order valence-electron chi connectivity index (χ2n) is 4.12. The van der Waals surface area contributed by atoms with Crippen LogP contribution in [0.5, 0.6) is 0 Å². The van der Waals surface area contributed by atoms with Gasteiger partial charge in [-0.3, -0.25) is 0 Å². The lowest BCUT2D eigenvalue weighted by Crippen LogP contribution is -2.13. The highest BCUT2D eigenvalue weighted by Gasteiger charge is 2.26. The summed E-state index contributed by atoms with van der Waals surface area (Å²) < 4.78 is 54.0. The Morgan fingerprint density at radius 1 is 1.26 bits per heavy atom. The van der Waals surface area contributed by atoms with Crippen LogP contribution in [0.25, 0.3) is 0 Å². The quantitative estimate of drug-likeness (QED) is 0.610. The van der Waals surface area contributed by atoms with Crippen molar-refractivity contribution >= 4 is 0 Å². The summed E-state index contributed by atoms with van der Waals surface area (Å²) in [5.74, 6) is -0.466. The molecule has 0 aliphatic rings. The number of hydrogen-bond donors (Lipinski definition) is 1. The zero-order chi connectivity index (χ0) is 14.3. The normalized spacial score (nSPS) is 11.8. The van der Waals surface area contributed by atoms with E-state index in [1.54, 1.807) is 12.1 Å². The first kappa shape index (κ1) is 15.9. The number of alkyl halides is 3. The molecule has 0 fully saturated rings. The summed E-state index contributed by atoms with van der Waals surface area (Å²) >= 11 is 0. The van der Waals surface area contributed by atoms with Gasteiger partial charge in [0.05, 0.1) is 19.6 Å². The summed E-state index contributed by atoms with van der Waals surface area (Å²) in [7, 11) is 0. The molecule has 0 aliphatic carbocycles. The molecule has 0 aliphatic heterocycles. The van der Waals surface area contributed by atoms with Gasteiger partial charge in [0.2, 0.25) is 0 Å². The van der Waals surface area contributed by atoms with Gasteiger partial charge < -0.3 is 10.1 Å². The van der Waals surface area contributed by atoms with Crippen LogP contribution in [0.15, 0.2) is 18.2 Å². The second kappa shape index (κ2) is 7.45. The minimum absolute atomic E-state index is 0.151. The van der Waals surface area contributed by atoms with E-state index in [1.165, 1.54) is 6.07 Å². The average Bonchev–Trinajstić information content (AvgIpc) is 2.33. The summed E-state index contributed by atoms with van der Waals surface area (Å²) in [6.45, 7) is 2.72. The molecule has 6 heteroatoms. The monoisotopic (exact) mass is 279 g/mol. The SMILES string of the molecule is CCNCc1ccc(F)c(COCCC(F)(F)F)c1. The topological polar surface area (TPSA) is 21.3 Å². The van der Waals surface area contributed by atoms with E-state index in [9.17, 15) is 17.6 Å². The van der Waals surface area contributed by atoms with Gasteiger partial charge in [0, 0.05) is 12.1 Å². The standard InChI is InChI=1S/C13H17F4NO/c1-2-18-8-10-3-4-12(14)11(7-10)9-19-6-5-13(15,16)17/h3-4,7,18H,2,5-6,8-9H2,1H3. The van der Waals surface area contributed by atoms with Crippen LogP contribution in [0.3, 0.4) is 0 Å². The number of halogens is 4. The lowest BCUT2D eigenvalue weighted by Gasteiger charge is -2.09. The third-order valence-electron chi connectivity index (χ3n) is 2.48. The van der Waals surface area contributed by atoms with Crippen molar-refractivity contribution in [3.05, 3.63) is 35.1 Å². The van der Waals surface area contributed by atoms with Crippen LogP contribution in [0.2, 0.25) is 0 Å². The van der Waals surface area contributed by atoms with Crippen LogP contribution in [0, 0.1) is 5.82 Å². The molecule has 0 saturated heterocycles. The predicted octanol–water partition coefficient (Wildman–Crippen LogP) is 3.40. The molecule has 108 valence electrons. The smallest absolute Gasteiger partial charge is 0.376 e. The van der Waals surface area contributed by atoms with Gasteiger partial charge in [-0.15, -0.1) is 0 Å². The van der Waals surface area contributed by atoms with Crippen molar-refractivity contribution in [1.29, 1.82) is 0 Å². The second-order valence-corrected chi connectivity index (χ2v) is 4.12.